The summed E-state index contributed by atoms with van der Waals surface area (Å²) in [6.45, 7) is 1.73. The van der Waals surface area contributed by atoms with Crippen molar-refractivity contribution in [3.63, 3.8) is 0 Å². The Hall–Kier alpha value is -2.33. The summed E-state index contributed by atoms with van der Waals surface area (Å²) < 4.78 is 0.830. The number of hydrogen-bond donors (Lipinski definition) is 5. The van der Waals surface area contributed by atoms with Crippen LogP contribution in [0.2, 0.25) is 10.0 Å². The van der Waals surface area contributed by atoms with Gasteiger partial charge in [0, 0.05) is 11.3 Å². The SMILES string of the molecule is Cc1[nH]c(C(=O)Nc2nc3ccc(/C(=N/N)NN)cc3s2)c(Cl)c1Cl. The molecule has 1 amide bonds. The smallest absolute Gasteiger partial charge is 0.275 e. The largest absolute Gasteiger partial charge is 0.352 e. The molecule has 0 aliphatic rings. The number of amidine groups is 1. The zero-order valence-electron chi connectivity index (χ0n) is 12.9. The van der Waals surface area contributed by atoms with Gasteiger partial charge in [-0.2, -0.15) is 5.10 Å². The fraction of sp³-hybridized carbons (Fsp3) is 0.0714. The van der Waals surface area contributed by atoms with E-state index in [9.17, 15) is 4.79 Å². The Balaban J connectivity index is 1.89. The first kappa shape index (κ1) is 17.5. The summed E-state index contributed by atoms with van der Waals surface area (Å²) in [4.78, 5) is 19.6. The highest BCUT2D eigenvalue weighted by molar-refractivity contribution is 7.22. The summed E-state index contributed by atoms with van der Waals surface area (Å²) in [6.07, 6.45) is 0. The van der Waals surface area contributed by atoms with Gasteiger partial charge in [-0.15, -0.1) is 0 Å². The maximum absolute atomic E-state index is 12.4. The fourth-order valence-electron chi connectivity index (χ4n) is 2.21. The number of thiazole rings is 1. The predicted octanol–water partition coefficient (Wildman–Crippen LogP) is 2.58. The van der Waals surface area contributed by atoms with Crippen LogP contribution in [0.1, 0.15) is 21.7 Å². The van der Waals surface area contributed by atoms with Crippen LogP contribution in [-0.4, -0.2) is 21.7 Å². The molecule has 0 aliphatic heterocycles. The number of nitrogens with two attached hydrogens (primary N) is 2. The van der Waals surface area contributed by atoms with Gasteiger partial charge < -0.3 is 16.3 Å². The monoisotopic (exact) mass is 397 g/mol. The van der Waals surface area contributed by atoms with Crippen LogP contribution in [0.25, 0.3) is 10.2 Å². The normalized spacial score (nSPS) is 11.8. The molecule has 0 fully saturated rings. The third kappa shape index (κ3) is 3.27. The molecule has 0 unspecified atom stereocenters. The lowest BCUT2D eigenvalue weighted by molar-refractivity contribution is 0.102. The number of aryl methyl sites for hydroxylation is 1. The third-order valence-corrected chi connectivity index (χ3v) is 5.31. The van der Waals surface area contributed by atoms with Gasteiger partial charge in [-0.1, -0.05) is 34.5 Å². The number of aromatic amines is 1. The van der Waals surface area contributed by atoms with Crippen molar-refractivity contribution < 1.29 is 4.79 Å². The van der Waals surface area contributed by atoms with Crippen LogP contribution in [0.4, 0.5) is 5.13 Å². The van der Waals surface area contributed by atoms with Gasteiger partial charge >= 0.3 is 0 Å². The van der Waals surface area contributed by atoms with E-state index in [0.717, 1.165) is 4.70 Å². The number of H-pyrrole nitrogens is 1. The minimum Gasteiger partial charge on any atom is -0.352 e. The van der Waals surface area contributed by atoms with Gasteiger partial charge in [-0.05, 0) is 25.1 Å². The topological polar surface area (TPSA) is 134 Å². The summed E-state index contributed by atoms with van der Waals surface area (Å²) in [6, 6.07) is 5.36. The molecule has 25 heavy (non-hydrogen) atoms. The third-order valence-electron chi connectivity index (χ3n) is 3.43. The van der Waals surface area contributed by atoms with Gasteiger partial charge in [-0.25, -0.2) is 10.8 Å². The van der Waals surface area contributed by atoms with Crippen molar-refractivity contribution in [3.05, 3.63) is 45.2 Å². The second kappa shape index (κ2) is 6.89. The van der Waals surface area contributed by atoms with E-state index >= 15 is 0 Å². The van der Waals surface area contributed by atoms with Gasteiger partial charge in [-0.3, -0.25) is 10.1 Å². The molecule has 0 bridgehead atoms. The predicted molar refractivity (Wildman–Crippen MR) is 101 cm³/mol. The second-order valence-electron chi connectivity index (χ2n) is 5.03. The van der Waals surface area contributed by atoms with Crippen LogP contribution in [0.3, 0.4) is 0 Å². The van der Waals surface area contributed by atoms with Crippen LogP contribution in [0.5, 0.6) is 0 Å². The van der Waals surface area contributed by atoms with E-state index in [0.29, 0.717) is 32.8 Å². The number of fused-ring (bicyclic) bond motifs is 1. The number of hydrazone groups is 1. The first-order chi connectivity index (χ1) is 11.9. The molecule has 2 heterocycles. The van der Waals surface area contributed by atoms with E-state index in [1.807, 2.05) is 6.07 Å². The number of anilines is 1. The van der Waals surface area contributed by atoms with Crippen molar-refractivity contribution in [1.82, 2.24) is 15.4 Å². The number of benzene rings is 1. The zero-order chi connectivity index (χ0) is 18.1. The Kier molecular flexibility index (Phi) is 4.82. The van der Waals surface area contributed by atoms with Crippen LogP contribution >= 0.6 is 34.5 Å². The average molecular weight is 398 g/mol. The molecule has 8 nitrogen and oxygen atoms in total. The summed E-state index contributed by atoms with van der Waals surface area (Å²) in [5, 5.41) is 7.19. The lowest BCUT2D eigenvalue weighted by Crippen LogP contribution is -2.31. The van der Waals surface area contributed by atoms with Crippen molar-refractivity contribution >= 4 is 61.6 Å². The first-order valence-corrected chi connectivity index (χ1v) is 8.52. The molecule has 3 rings (SSSR count). The van der Waals surface area contributed by atoms with Crippen LogP contribution in [0, 0.1) is 6.92 Å². The van der Waals surface area contributed by atoms with Gasteiger partial charge in [0.2, 0.25) is 0 Å². The molecule has 2 aromatic heterocycles. The van der Waals surface area contributed by atoms with Crippen molar-refractivity contribution in [2.24, 2.45) is 16.8 Å². The number of carbonyl (C=O) groups is 1. The Labute approximate surface area is 156 Å². The molecule has 0 atom stereocenters. The lowest BCUT2D eigenvalue weighted by Gasteiger charge is -2.02. The molecule has 0 aliphatic carbocycles. The number of hydrazine groups is 1. The highest BCUT2D eigenvalue weighted by atomic mass is 35.5. The number of halogens is 2. The quantitative estimate of drug-likeness (QED) is 0.200. The standard InChI is InChI=1S/C14H13Cl2N7OS/c1-5-9(15)10(16)11(19-5)13(24)21-14-20-7-3-2-6(4-8(7)25-14)12(22-17)23-18/h2-4,19H,17-18H2,1H3,(H,22,23)(H,20,21,24). The molecule has 7 N–H and O–H groups in total. The Bertz CT molecular complexity index is 995. The minimum atomic E-state index is -0.424. The number of nitrogens with zero attached hydrogens (tertiary/aromatic N) is 2. The van der Waals surface area contributed by atoms with E-state index in [1.165, 1.54) is 11.3 Å². The highest BCUT2D eigenvalue weighted by Gasteiger charge is 2.19. The van der Waals surface area contributed by atoms with E-state index in [4.69, 9.17) is 34.9 Å². The number of rotatable bonds is 3. The van der Waals surface area contributed by atoms with Crippen molar-refractivity contribution in [2.75, 3.05) is 5.32 Å². The maximum Gasteiger partial charge on any atom is 0.275 e. The maximum atomic E-state index is 12.4. The van der Waals surface area contributed by atoms with Crippen LogP contribution in [-0.2, 0) is 0 Å². The number of aromatic nitrogens is 2. The van der Waals surface area contributed by atoms with Crippen LogP contribution < -0.4 is 22.4 Å². The van der Waals surface area contributed by atoms with Gasteiger partial charge in [0.25, 0.3) is 5.91 Å². The summed E-state index contributed by atoms with van der Waals surface area (Å²) in [7, 11) is 0. The Morgan fingerprint density at radius 1 is 1.36 bits per heavy atom. The van der Waals surface area contributed by atoms with Crippen molar-refractivity contribution in [2.45, 2.75) is 6.92 Å². The summed E-state index contributed by atoms with van der Waals surface area (Å²) in [5.74, 6) is 10.6. The van der Waals surface area contributed by atoms with E-state index in [-0.39, 0.29) is 10.7 Å². The minimum absolute atomic E-state index is 0.179. The van der Waals surface area contributed by atoms with E-state index < -0.39 is 5.91 Å². The number of nitrogens with one attached hydrogen (secondary N) is 3. The number of carbonyl (C=O) groups excluding carboxylic acids is 1. The molecular weight excluding hydrogens is 385 g/mol. The number of amides is 1. The summed E-state index contributed by atoms with van der Waals surface area (Å²) >= 11 is 13.3. The first-order valence-electron chi connectivity index (χ1n) is 6.95. The molecule has 3 aromatic rings. The molecule has 130 valence electrons. The Morgan fingerprint density at radius 2 is 2.12 bits per heavy atom. The highest BCUT2D eigenvalue weighted by Crippen LogP contribution is 2.31. The lowest BCUT2D eigenvalue weighted by atomic mass is 10.2. The van der Waals surface area contributed by atoms with E-state index in [2.05, 4.69) is 25.8 Å². The van der Waals surface area contributed by atoms with Gasteiger partial charge in [0.05, 0.1) is 20.3 Å². The van der Waals surface area contributed by atoms with Gasteiger partial charge in [0.15, 0.2) is 11.0 Å². The molecule has 0 radical (unpaired) electrons. The van der Waals surface area contributed by atoms with Crippen molar-refractivity contribution in [3.8, 4) is 0 Å². The zero-order valence-corrected chi connectivity index (χ0v) is 15.2. The average Bonchev–Trinajstić information content (AvgIpc) is 3.11. The summed E-state index contributed by atoms with van der Waals surface area (Å²) in [5.41, 5.74) is 4.64. The molecule has 11 heteroatoms. The van der Waals surface area contributed by atoms with Crippen LogP contribution in [0.15, 0.2) is 23.3 Å². The second-order valence-corrected chi connectivity index (χ2v) is 6.82. The molecule has 0 spiro atoms. The Morgan fingerprint density at radius 3 is 2.72 bits per heavy atom. The number of hydrogen-bond acceptors (Lipinski definition) is 6. The molecule has 0 saturated heterocycles. The molecular formula is C14H13Cl2N7OS. The fourth-order valence-corrected chi connectivity index (χ4v) is 3.52. The van der Waals surface area contributed by atoms with Crippen molar-refractivity contribution in [1.29, 1.82) is 0 Å². The van der Waals surface area contributed by atoms with E-state index in [1.54, 1.807) is 19.1 Å². The molecule has 0 saturated carbocycles. The van der Waals surface area contributed by atoms with Gasteiger partial charge in [0.1, 0.15) is 5.69 Å². The molecule has 1 aromatic carbocycles.